The van der Waals surface area contributed by atoms with Gasteiger partial charge in [-0.3, -0.25) is 4.55 Å². The fraction of sp³-hybridized carbons (Fsp3) is 0.0526. The van der Waals surface area contributed by atoms with Crippen LogP contribution in [-0.2, 0) is 14.9 Å². The van der Waals surface area contributed by atoms with E-state index in [1.165, 1.54) is 48.5 Å². The molecule has 0 fully saturated rings. The number of halogens is 4. The first kappa shape index (κ1) is 22.0. The molecule has 0 saturated heterocycles. The highest BCUT2D eigenvalue weighted by atomic mass is 35.5. The quantitative estimate of drug-likeness (QED) is 0.311. The van der Waals surface area contributed by atoms with Gasteiger partial charge in [0.2, 0.25) is 0 Å². The Labute approximate surface area is 186 Å². The van der Waals surface area contributed by atoms with Gasteiger partial charge in [-0.1, -0.05) is 70.7 Å². The molecule has 3 rings (SSSR count). The average molecular weight is 494 g/mol. The second-order valence-electron chi connectivity index (χ2n) is 6.09. The molecule has 3 N–H and O–H groups in total. The number of rotatable bonds is 4. The minimum absolute atomic E-state index is 0.124. The molecule has 0 radical (unpaired) electrons. The standard InChI is InChI=1S/C19H12Cl4O5S/c20-11-8-15(22)17(16(23)9-11)19(29(26,27)28,10-3-1-4-12(24)7-10)13-5-2-6-14(21)18(13)25/h1-9,24-25H,(H,26,27,28). The van der Waals surface area contributed by atoms with Crippen molar-refractivity contribution in [3.63, 3.8) is 0 Å². The van der Waals surface area contributed by atoms with Crippen molar-refractivity contribution in [2.45, 2.75) is 4.75 Å². The van der Waals surface area contributed by atoms with E-state index in [0.29, 0.717) is 0 Å². The summed E-state index contributed by atoms with van der Waals surface area (Å²) in [6.07, 6.45) is 0. The van der Waals surface area contributed by atoms with Crippen LogP contribution in [0.2, 0.25) is 20.1 Å². The molecule has 3 aromatic rings. The van der Waals surface area contributed by atoms with E-state index in [-0.39, 0.29) is 42.5 Å². The van der Waals surface area contributed by atoms with Gasteiger partial charge in [-0.05, 0) is 35.9 Å². The van der Waals surface area contributed by atoms with Gasteiger partial charge >= 0.3 is 0 Å². The van der Waals surface area contributed by atoms with Crippen molar-refractivity contribution in [2.75, 3.05) is 0 Å². The number of aromatic hydroxyl groups is 2. The van der Waals surface area contributed by atoms with Crippen molar-refractivity contribution in [3.8, 4) is 11.5 Å². The second-order valence-corrected chi connectivity index (χ2v) is 9.31. The van der Waals surface area contributed by atoms with Crippen LogP contribution in [0.5, 0.6) is 11.5 Å². The fourth-order valence-electron chi connectivity index (χ4n) is 3.25. The van der Waals surface area contributed by atoms with Gasteiger partial charge in [-0.2, -0.15) is 8.42 Å². The normalized spacial score (nSPS) is 13.8. The Bertz CT molecular complexity index is 1190. The van der Waals surface area contributed by atoms with E-state index in [4.69, 9.17) is 46.4 Å². The molecule has 0 aliphatic carbocycles. The Hall–Kier alpha value is -1.67. The van der Waals surface area contributed by atoms with Crippen LogP contribution >= 0.6 is 46.4 Å². The summed E-state index contributed by atoms with van der Waals surface area (Å²) in [5.41, 5.74) is -0.719. The molecule has 10 heteroatoms. The van der Waals surface area contributed by atoms with E-state index in [1.54, 1.807) is 0 Å². The topological polar surface area (TPSA) is 94.8 Å². The van der Waals surface area contributed by atoms with Crippen LogP contribution in [0.3, 0.4) is 0 Å². The lowest BCUT2D eigenvalue weighted by Crippen LogP contribution is -2.39. The lowest BCUT2D eigenvalue weighted by atomic mass is 9.83. The summed E-state index contributed by atoms with van der Waals surface area (Å²) in [5.74, 6) is -0.907. The monoisotopic (exact) mass is 492 g/mol. The largest absolute Gasteiger partial charge is 0.508 e. The van der Waals surface area contributed by atoms with Crippen molar-refractivity contribution < 1.29 is 23.2 Å². The maximum Gasteiger partial charge on any atom is 0.283 e. The maximum absolute atomic E-state index is 13.0. The number of para-hydroxylation sites is 1. The summed E-state index contributed by atoms with van der Waals surface area (Å²) >= 11 is 24.7. The molecule has 0 aliphatic heterocycles. The molecule has 152 valence electrons. The fourth-order valence-corrected chi connectivity index (χ4v) is 5.99. The number of hydrogen-bond donors (Lipinski definition) is 3. The second kappa shape index (κ2) is 7.87. The van der Waals surface area contributed by atoms with Crippen molar-refractivity contribution in [1.29, 1.82) is 0 Å². The molecule has 1 unspecified atom stereocenters. The zero-order valence-corrected chi connectivity index (χ0v) is 18.1. The van der Waals surface area contributed by atoms with Gasteiger partial charge in [-0.15, -0.1) is 0 Å². The highest BCUT2D eigenvalue weighted by Gasteiger charge is 2.52. The van der Waals surface area contributed by atoms with E-state index in [9.17, 15) is 23.2 Å². The molecule has 3 aromatic carbocycles. The summed E-state index contributed by atoms with van der Waals surface area (Å²) in [6, 6.07) is 11.6. The molecular formula is C19H12Cl4O5S. The predicted molar refractivity (Wildman–Crippen MR) is 114 cm³/mol. The smallest absolute Gasteiger partial charge is 0.283 e. The van der Waals surface area contributed by atoms with Crippen molar-refractivity contribution in [1.82, 2.24) is 0 Å². The molecule has 0 aromatic heterocycles. The van der Waals surface area contributed by atoms with Crippen LogP contribution in [0, 0.1) is 0 Å². The summed E-state index contributed by atoms with van der Waals surface area (Å²) in [7, 11) is -5.14. The van der Waals surface area contributed by atoms with Crippen LogP contribution in [0.25, 0.3) is 0 Å². The Balaban J connectivity index is 2.66. The van der Waals surface area contributed by atoms with Crippen LogP contribution in [-0.4, -0.2) is 23.2 Å². The third-order valence-electron chi connectivity index (χ3n) is 4.36. The zero-order valence-electron chi connectivity index (χ0n) is 14.3. The summed E-state index contributed by atoms with van der Waals surface area (Å²) in [4.78, 5) is 0. The van der Waals surface area contributed by atoms with E-state index >= 15 is 0 Å². The van der Waals surface area contributed by atoms with E-state index in [2.05, 4.69) is 0 Å². The van der Waals surface area contributed by atoms with Crippen molar-refractivity contribution in [2.24, 2.45) is 0 Å². The van der Waals surface area contributed by atoms with Gasteiger partial charge in [0, 0.05) is 26.2 Å². The molecule has 0 amide bonds. The Morgan fingerprint density at radius 1 is 0.793 bits per heavy atom. The van der Waals surface area contributed by atoms with Gasteiger partial charge in [0.15, 0.2) is 4.75 Å². The molecule has 0 saturated carbocycles. The molecule has 0 spiro atoms. The number of phenolic OH excluding ortho intramolecular Hbond substituents is 2. The molecule has 29 heavy (non-hydrogen) atoms. The van der Waals surface area contributed by atoms with Crippen LogP contribution in [0.1, 0.15) is 16.7 Å². The average Bonchev–Trinajstić information content (AvgIpc) is 2.59. The zero-order chi connectivity index (χ0) is 21.6. The first-order valence-electron chi connectivity index (χ1n) is 7.89. The lowest BCUT2D eigenvalue weighted by Gasteiger charge is -2.34. The highest BCUT2D eigenvalue weighted by Crippen LogP contribution is 2.53. The highest BCUT2D eigenvalue weighted by molar-refractivity contribution is 7.87. The van der Waals surface area contributed by atoms with Gasteiger partial charge in [0.1, 0.15) is 11.5 Å². The molecule has 0 aliphatic rings. The Morgan fingerprint density at radius 2 is 1.38 bits per heavy atom. The van der Waals surface area contributed by atoms with Crippen LogP contribution < -0.4 is 0 Å². The SMILES string of the molecule is O=S(=O)(O)C(c1cccc(O)c1)(c1cccc(Cl)c1O)c1c(Cl)cc(Cl)cc1Cl. The first-order valence-corrected chi connectivity index (χ1v) is 10.8. The minimum atomic E-state index is -5.14. The number of phenols is 2. The van der Waals surface area contributed by atoms with Gasteiger partial charge in [0.25, 0.3) is 10.1 Å². The predicted octanol–water partition coefficient (Wildman–Crippen LogP) is 5.89. The van der Waals surface area contributed by atoms with Crippen molar-refractivity contribution in [3.05, 3.63) is 91.4 Å². The van der Waals surface area contributed by atoms with Gasteiger partial charge in [-0.25, -0.2) is 0 Å². The Kier molecular flexibility index (Phi) is 5.98. The molecule has 0 heterocycles. The number of hydrogen-bond acceptors (Lipinski definition) is 4. The summed E-state index contributed by atoms with van der Waals surface area (Å²) in [5, 5.41) is 20.2. The molecule has 1 atom stereocenters. The minimum Gasteiger partial charge on any atom is -0.508 e. The summed E-state index contributed by atoms with van der Waals surface area (Å²) < 4.78 is 33.9. The molecule has 5 nitrogen and oxygen atoms in total. The van der Waals surface area contributed by atoms with E-state index in [0.717, 1.165) is 6.07 Å². The maximum atomic E-state index is 13.0. The van der Waals surface area contributed by atoms with Crippen LogP contribution in [0.15, 0.2) is 54.6 Å². The summed E-state index contributed by atoms with van der Waals surface area (Å²) in [6.45, 7) is 0. The Morgan fingerprint density at radius 3 is 1.93 bits per heavy atom. The van der Waals surface area contributed by atoms with E-state index in [1.807, 2.05) is 0 Å². The number of benzene rings is 3. The van der Waals surface area contributed by atoms with Gasteiger partial charge in [0.05, 0.1) is 5.02 Å². The first-order chi connectivity index (χ1) is 13.5. The lowest BCUT2D eigenvalue weighted by molar-refractivity contribution is 0.439. The van der Waals surface area contributed by atoms with Crippen LogP contribution in [0.4, 0.5) is 0 Å². The van der Waals surface area contributed by atoms with Gasteiger partial charge < -0.3 is 10.2 Å². The molecule has 0 bridgehead atoms. The van der Waals surface area contributed by atoms with E-state index < -0.39 is 20.6 Å². The third kappa shape index (κ3) is 3.65. The third-order valence-corrected chi connectivity index (χ3v) is 6.92. The van der Waals surface area contributed by atoms with Crippen molar-refractivity contribution >= 4 is 56.5 Å². The molecular weight excluding hydrogens is 482 g/mol.